The molecule has 1 aromatic rings. The van der Waals surface area contributed by atoms with Crippen molar-refractivity contribution in [2.24, 2.45) is 0 Å². The Morgan fingerprint density at radius 1 is 1.00 bits per heavy atom. The zero-order chi connectivity index (χ0) is 12.8. The zero-order valence-corrected chi connectivity index (χ0v) is 12.1. The van der Waals surface area contributed by atoms with E-state index < -0.39 is 8.22 Å². The second-order valence-electron chi connectivity index (χ2n) is 4.03. The van der Waals surface area contributed by atoms with E-state index in [0.717, 1.165) is 5.75 Å². The fourth-order valence-electron chi connectivity index (χ4n) is 1.62. The quantitative estimate of drug-likeness (QED) is 0.571. The fraction of sp³-hybridized carbons (Fsp3) is 0.500. The molecule has 1 rings (SSSR count). The van der Waals surface area contributed by atoms with E-state index in [1.807, 2.05) is 12.1 Å². The van der Waals surface area contributed by atoms with Crippen LogP contribution in [0.4, 0.5) is 0 Å². The predicted octanol–water partition coefficient (Wildman–Crippen LogP) is 1.73. The van der Waals surface area contributed by atoms with Crippen molar-refractivity contribution < 1.29 is 9.47 Å². The first kappa shape index (κ1) is 14.4. The molecule has 4 nitrogen and oxygen atoms in total. The van der Waals surface area contributed by atoms with Crippen molar-refractivity contribution in [3.63, 3.8) is 0 Å². The molecule has 0 radical (unpaired) electrons. The van der Waals surface area contributed by atoms with Crippen LogP contribution < -0.4 is 10.0 Å². The number of hydrogen-bond donors (Lipinski definition) is 0. The van der Waals surface area contributed by atoms with E-state index in [1.165, 1.54) is 5.30 Å². The van der Waals surface area contributed by atoms with Gasteiger partial charge in [0.1, 0.15) is 5.75 Å². The molecule has 96 valence electrons. The standard InChI is InChI=1S/C12H21N2O2P/c1-13(2)17(14(3)4)12-8-6-11(7-9-12)16-10-15-5/h6-9H,10H2,1-5H3. The molecule has 1 aromatic carbocycles. The molecule has 0 aliphatic carbocycles. The lowest BCUT2D eigenvalue weighted by atomic mass is 10.3. The second-order valence-corrected chi connectivity index (χ2v) is 6.72. The van der Waals surface area contributed by atoms with E-state index in [0.29, 0.717) is 0 Å². The minimum absolute atomic E-state index is 0.287. The third kappa shape index (κ3) is 4.25. The van der Waals surface area contributed by atoms with Crippen LogP contribution in [-0.4, -0.2) is 51.4 Å². The van der Waals surface area contributed by atoms with Crippen molar-refractivity contribution in [1.29, 1.82) is 0 Å². The maximum atomic E-state index is 5.37. The Labute approximate surface area is 105 Å². The molecule has 0 aliphatic rings. The summed E-state index contributed by atoms with van der Waals surface area (Å²) in [5, 5.41) is 1.31. The van der Waals surface area contributed by atoms with Crippen molar-refractivity contribution in [3.8, 4) is 5.75 Å². The van der Waals surface area contributed by atoms with Crippen LogP contribution in [0.1, 0.15) is 0 Å². The summed E-state index contributed by atoms with van der Waals surface area (Å²) in [4.78, 5) is 0. The van der Waals surface area contributed by atoms with Crippen molar-refractivity contribution in [2.45, 2.75) is 0 Å². The molecule has 0 aromatic heterocycles. The van der Waals surface area contributed by atoms with E-state index in [-0.39, 0.29) is 6.79 Å². The summed E-state index contributed by atoms with van der Waals surface area (Å²) in [6.45, 7) is 0.287. The molecule has 0 heterocycles. The first-order valence-corrected chi connectivity index (χ1v) is 6.67. The highest BCUT2D eigenvalue weighted by atomic mass is 31.1. The Kier molecular flexibility index (Phi) is 5.86. The molecule has 0 fully saturated rings. The summed E-state index contributed by atoms with van der Waals surface area (Å²) in [7, 11) is 9.59. The first-order chi connectivity index (χ1) is 8.06. The van der Waals surface area contributed by atoms with Crippen molar-refractivity contribution in [3.05, 3.63) is 24.3 Å². The van der Waals surface area contributed by atoms with Gasteiger partial charge in [-0.25, -0.2) is 0 Å². The third-order valence-corrected chi connectivity index (χ3v) is 4.44. The Hall–Kier alpha value is -0.670. The van der Waals surface area contributed by atoms with E-state index in [1.54, 1.807) is 7.11 Å². The second kappa shape index (κ2) is 6.92. The molecule has 5 heteroatoms. The lowest BCUT2D eigenvalue weighted by Gasteiger charge is -2.30. The number of ether oxygens (including phenoxy) is 2. The van der Waals surface area contributed by atoms with Crippen LogP contribution in [0, 0.1) is 0 Å². The van der Waals surface area contributed by atoms with Gasteiger partial charge in [-0.3, -0.25) is 9.34 Å². The summed E-state index contributed by atoms with van der Waals surface area (Å²) in [6.07, 6.45) is 0. The summed E-state index contributed by atoms with van der Waals surface area (Å²) in [5.74, 6) is 0.836. The number of methoxy groups -OCH3 is 1. The van der Waals surface area contributed by atoms with Crippen LogP contribution in [0.5, 0.6) is 5.75 Å². The first-order valence-electron chi connectivity index (χ1n) is 5.42. The summed E-state index contributed by atoms with van der Waals surface area (Å²) < 4.78 is 14.7. The highest BCUT2D eigenvalue weighted by molar-refractivity contribution is 7.60. The van der Waals surface area contributed by atoms with Gasteiger partial charge in [-0.2, -0.15) is 0 Å². The van der Waals surface area contributed by atoms with Gasteiger partial charge in [0.25, 0.3) is 0 Å². The number of nitrogens with zero attached hydrogens (tertiary/aromatic N) is 2. The van der Waals surface area contributed by atoms with Crippen LogP contribution in [0.3, 0.4) is 0 Å². The molecule has 0 atom stereocenters. The predicted molar refractivity (Wildman–Crippen MR) is 72.9 cm³/mol. The summed E-state index contributed by atoms with van der Waals surface area (Å²) in [6, 6.07) is 8.18. The van der Waals surface area contributed by atoms with E-state index in [2.05, 4.69) is 49.7 Å². The average Bonchev–Trinajstić information content (AvgIpc) is 2.27. The molecule has 0 unspecified atom stereocenters. The van der Waals surface area contributed by atoms with Gasteiger partial charge >= 0.3 is 0 Å². The van der Waals surface area contributed by atoms with Crippen molar-refractivity contribution in [2.75, 3.05) is 42.1 Å². The topological polar surface area (TPSA) is 24.9 Å². The summed E-state index contributed by atoms with van der Waals surface area (Å²) >= 11 is 0. The van der Waals surface area contributed by atoms with E-state index in [9.17, 15) is 0 Å². The number of benzene rings is 1. The minimum atomic E-state index is -0.419. The van der Waals surface area contributed by atoms with Crippen LogP contribution in [0.2, 0.25) is 0 Å². The maximum absolute atomic E-state index is 5.37. The Morgan fingerprint density at radius 3 is 1.94 bits per heavy atom. The minimum Gasteiger partial charge on any atom is -0.468 e. The van der Waals surface area contributed by atoms with Gasteiger partial charge in [0, 0.05) is 12.4 Å². The normalized spacial score (nSPS) is 11.5. The maximum Gasteiger partial charge on any atom is 0.188 e. The smallest absolute Gasteiger partial charge is 0.188 e. The summed E-state index contributed by atoms with van der Waals surface area (Å²) in [5.41, 5.74) is 0. The zero-order valence-electron chi connectivity index (χ0n) is 11.2. The fourth-order valence-corrected chi connectivity index (χ4v) is 3.68. The number of hydrogen-bond acceptors (Lipinski definition) is 4. The monoisotopic (exact) mass is 256 g/mol. The Morgan fingerprint density at radius 2 is 1.53 bits per heavy atom. The van der Waals surface area contributed by atoms with Gasteiger partial charge in [0.2, 0.25) is 0 Å². The highest BCUT2D eigenvalue weighted by Crippen LogP contribution is 2.38. The molecule has 0 N–H and O–H groups in total. The van der Waals surface area contributed by atoms with Crippen molar-refractivity contribution in [1.82, 2.24) is 9.34 Å². The van der Waals surface area contributed by atoms with Gasteiger partial charge in [-0.15, -0.1) is 0 Å². The van der Waals surface area contributed by atoms with Gasteiger partial charge < -0.3 is 9.47 Å². The molecule has 0 saturated heterocycles. The molecular weight excluding hydrogens is 235 g/mol. The molecule has 0 aliphatic heterocycles. The average molecular weight is 256 g/mol. The van der Waals surface area contributed by atoms with Gasteiger partial charge in [-0.1, -0.05) is 0 Å². The van der Waals surface area contributed by atoms with Crippen LogP contribution in [0.15, 0.2) is 24.3 Å². The molecular formula is C12H21N2O2P. The van der Waals surface area contributed by atoms with E-state index in [4.69, 9.17) is 9.47 Å². The lowest BCUT2D eigenvalue weighted by molar-refractivity contribution is 0.0511. The molecule has 0 spiro atoms. The lowest BCUT2D eigenvalue weighted by Crippen LogP contribution is -2.24. The van der Waals surface area contributed by atoms with Crippen LogP contribution >= 0.6 is 8.22 Å². The molecule has 0 amide bonds. The van der Waals surface area contributed by atoms with Crippen LogP contribution in [-0.2, 0) is 4.74 Å². The van der Waals surface area contributed by atoms with Crippen molar-refractivity contribution >= 4 is 13.5 Å². The Balaban J connectivity index is 2.77. The number of rotatable bonds is 6. The van der Waals surface area contributed by atoms with Crippen LogP contribution in [0.25, 0.3) is 0 Å². The molecule has 0 bridgehead atoms. The Bertz CT molecular complexity index is 320. The third-order valence-electron chi connectivity index (χ3n) is 2.17. The largest absolute Gasteiger partial charge is 0.468 e. The van der Waals surface area contributed by atoms with Gasteiger partial charge in [0.15, 0.2) is 6.79 Å². The highest BCUT2D eigenvalue weighted by Gasteiger charge is 2.16. The van der Waals surface area contributed by atoms with Gasteiger partial charge in [0.05, 0.1) is 8.22 Å². The SMILES string of the molecule is COCOc1ccc(P(N(C)C)N(C)C)cc1. The van der Waals surface area contributed by atoms with Gasteiger partial charge in [-0.05, 0) is 52.5 Å². The molecule has 0 saturated carbocycles. The molecule has 17 heavy (non-hydrogen) atoms. The van der Waals surface area contributed by atoms with E-state index >= 15 is 0 Å².